The fraction of sp³-hybridized carbons (Fsp3) is 0.0952. The number of rotatable bonds is 3. The monoisotopic (exact) mass is 383 g/mol. The molecule has 0 bridgehead atoms. The molecular formula is C21H17N7O. The van der Waals surface area contributed by atoms with Crippen LogP contribution in [0.4, 0.5) is 11.5 Å². The highest BCUT2D eigenvalue weighted by molar-refractivity contribution is 6.08. The summed E-state index contributed by atoms with van der Waals surface area (Å²) in [6.07, 6.45) is 6.91. The van der Waals surface area contributed by atoms with Crippen molar-refractivity contribution in [1.29, 1.82) is 0 Å². The number of pyridine rings is 2. The van der Waals surface area contributed by atoms with E-state index >= 15 is 0 Å². The summed E-state index contributed by atoms with van der Waals surface area (Å²) in [5, 5.41) is 5.15. The zero-order chi connectivity index (χ0) is 20.0. The molecule has 29 heavy (non-hydrogen) atoms. The summed E-state index contributed by atoms with van der Waals surface area (Å²) < 4.78 is 1.85. The molecule has 0 aliphatic carbocycles. The maximum atomic E-state index is 12.3. The summed E-state index contributed by atoms with van der Waals surface area (Å²) in [4.78, 5) is 31.8. The Morgan fingerprint density at radius 2 is 1.90 bits per heavy atom. The summed E-state index contributed by atoms with van der Waals surface area (Å²) in [6, 6.07) is 11.1. The molecule has 0 aliphatic rings. The van der Waals surface area contributed by atoms with Crippen LogP contribution in [0.2, 0.25) is 0 Å². The molecule has 0 saturated carbocycles. The van der Waals surface area contributed by atoms with Crippen molar-refractivity contribution in [2.75, 3.05) is 19.4 Å². The number of imidazole rings is 1. The largest absolute Gasteiger partial charge is 0.345 e. The van der Waals surface area contributed by atoms with Crippen LogP contribution >= 0.6 is 0 Å². The predicted octanol–water partition coefficient (Wildman–Crippen LogP) is 3.27. The van der Waals surface area contributed by atoms with Crippen LogP contribution in [0.5, 0.6) is 0 Å². The Bertz CT molecular complexity index is 1390. The Kier molecular flexibility index (Phi) is 3.83. The number of nitrogens with one attached hydrogen (secondary N) is 1. The molecule has 0 spiro atoms. The van der Waals surface area contributed by atoms with Gasteiger partial charge in [0, 0.05) is 54.7 Å². The maximum absolute atomic E-state index is 12.3. The SMILES string of the molecule is CN(C)C(=O)c1cccc(Nc2nc3c(nc4ccncn43)c3cnccc23)c1. The van der Waals surface area contributed by atoms with Gasteiger partial charge in [0.05, 0.1) is 0 Å². The van der Waals surface area contributed by atoms with Crippen molar-refractivity contribution in [3.8, 4) is 0 Å². The molecule has 8 nitrogen and oxygen atoms in total. The first kappa shape index (κ1) is 17.1. The molecule has 0 saturated heterocycles. The average molecular weight is 383 g/mol. The summed E-state index contributed by atoms with van der Waals surface area (Å²) in [6.45, 7) is 0. The summed E-state index contributed by atoms with van der Waals surface area (Å²) in [5.74, 6) is 0.606. The first-order valence-electron chi connectivity index (χ1n) is 9.06. The van der Waals surface area contributed by atoms with Crippen LogP contribution in [0.1, 0.15) is 10.4 Å². The summed E-state index contributed by atoms with van der Waals surface area (Å²) in [7, 11) is 3.47. The van der Waals surface area contributed by atoms with Crippen LogP contribution in [-0.2, 0) is 0 Å². The highest BCUT2D eigenvalue weighted by atomic mass is 16.2. The molecule has 0 fully saturated rings. The highest BCUT2D eigenvalue weighted by Crippen LogP contribution is 2.30. The van der Waals surface area contributed by atoms with Crippen molar-refractivity contribution in [2.45, 2.75) is 0 Å². The van der Waals surface area contributed by atoms with E-state index in [4.69, 9.17) is 9.97 Å². The standard InChI is InChI=1S/C21H17N7O/c1-27(2)21(29)13-4-3-5-14(10-13)24-19-15-6-8-22-11-16(15)18-20(26-19)28-12-23-9-7-17(28)25-18/h3-12H,1-2H3,(H,24,26). The zero-order valence-electron chi connectivity index (χ0n) is 15.9. The highest BCUT2D eigenvalue weighted by Gasteiger charge is 2.15. The molecule has 4 aromatic heterocycles. The van der Waals surface area contributed by atoms with Crippen molar-refractivity contribution >= 4 is 45.0 Å². The van der Waals surface area contributed by atoms with Gasteiger partial charge < -0.3 is 10.2 Å². The van der Waals surface area contributed by atoms with Gasteiger partial charge in [-0.2, -0.15) is 0 Å². The quantitative estimate of drug-likeness (QED) is 0.514. The lowest BCUT2D eigenvalue weighted by atomic mass is 10.1. The summed E-state index contributed by atoms with van der Waals surface area (Å²) in [5.41, 5.74) is 3.60. The van der Waals surface area contributed by atoms with Crippen LogP contribution in [0.15, 0.2) is 61.3 Å². The number of hydrogen-bond acceptors (Lipinski definition) is 6. The van der Waals surface area contributed by atoms with Crippen molar-refractivity contribution in [1.82, 2.24) is 29.2 Å². The minimum absolute atomic E-state index is 0.0565. The fourth-order valence-electron chi connectivity index (χ4n) is 3.35. The van der Waals surface area contributed by atoms with Crippen molar-refractivity contribution in [3.05, 3.63) is 66.9 Å². The van der Waals surface area contributed by atoms with Gasteiger partial charge in [-0.1, -0.05) is 6.07 Å². The number of hydrogen-bond donors (Lipinski definition) is 1. The van der Waals surface area contributed by atoms with Crippen LogP contribution in [0.25, 0.3) is 27.6 Å². The Labute approximate surface area is 165 Å². The number of nitrogens with zero attached hydrogens (tertiary/aromatic N) is 6. The normalized spacial score (nSPS) is 11.2. The van der Waals surface area contributed by atoms with Crippen molar-refractivity contribution in [2.24, 2.45) is 0 Å². The third-order valence-corrected chi connectivity index (χ3v) is 4.73. The van der Waals surface area contributed by atoms with E-state index < -0.39 is 0 Å². The van der Waals surface area contributed by atoms with Crippen LogP contribution < -0.4 is 5.32 Å². The second-order valence-electron chi connectivity index (χ2n) is 6.88. The predicted molar refractivity (Wildman–Crippen MR) is 111 cm³/mol. The fourth-order valence-corrected chi connectivity index (χ4v) is 3.35. The minimum Gasteiger partial charge on any atom is -0.345 e. The molecule has 1 aromatic carbocycles. The van der Waals surface area contributed by atoms with E-state index in [1.807, 2.05) is 34.7 Å². The van der Waals surface area contributed by atoms with Gasteiger partial charge in [0.2, 0.25) is 0 Å². The molecule has 0 aliphatic heterocycles. The second-order valence-corrected chi connectivity index (χ2v) is 6.88. The topological polar surface area (TPSA) is 88.3 Å². The lowest BCUT2D eigenvalue weighted by Gasteiger charge is -2.13. The lowest BCUT2D eigenvalue weighted by Crippen LogP contribution is -2.21. The third kappa shape index (κ3) is 2.82. The van der Waals surface area contributed by atoms with E-state index in [0.29, 0.717) is 17.0 Å². The van der Waals surface area contributed by atoms with Gasteiger partial charge in [0.15, 0.2) is 5.65 Å². The van der Waals surface area contributed by atoms with Gasteiger partial charge in [0.1, 0.15) is 23.3 Å². The Morgan fingerprint density at radius 1 is 1.03 bits per heavy atom. The number of anilines is 2. The molecule has 1 amide bonds. The first-order chi connectivity index (χ1) is 14.1. The summed E-state index contributed by atoms with van der Waals surface area (Å²) >= 11 is 0. The van der Waals surface area contributed by atoms with Crippen molar-refractivity contribution in [3.63, 3.8) is 0 Å². The molecule has 0 unspecified atom stereocenters. The Balaban J connectivity index is 1.69. The molecule has 1 N–H and O–H groups in total. The average Bonchev–Trinajstić information content (AvgIpc) is 3.12. The van der Waals surface area contributed by atoms with E-state index in [1.54, 1.807) is 50.0 Å². The smallest absolute Gasteiger partial charge is 0.253 e. The van der Waals surface area contributed by atoms with E-state index in [9.17, 15) is 4.79 Å². The van der Waals surface area contributed by atoms with Gasteiger partial charge in [-0.15, -0.1) is 0 Å². The van der Waals surface area contributed by atoms with E-state index in [2.05, 4.69) is 15.3 Å². The van der Waals surface area contributed by atoms with Crippen LogP contribution in [-0.4, -0.2) is 49.2 Å². The molecule has 0 radical (unpaired) electrons. The number of carbonyl (C=O) groups excluding carboxylic acids is 1. The lowest BCUT2D eigenvalue weighted by molar-refractivity contribution is 0.0827. The Morgan fingerprint density at radius 3 is 2.76 bits per heavy atom. The number of benzene rings is 1. The molecular weight excluding hydrogens is 366 g/mol. The second kappa shape index (κ2) is 6.52. The van der Waals surface area contributed by atoms with E-state index in [1.165, 1.54) is 0 Å². The van der Waals surface area contributed by atoms with Gasteiger partial charge in [-0.25, -0.2) is 15.0 Å². The van der Waals surface area contributed by atoms with Crippen LogP contribution in [0, 0.1) is 0 Å². The molecule has 0 atom stereocenters. The molecule has 5 aromatic rings. The number of amides is 1. The van der Waals surface area contributed by atoms with Gasteiger partial charge >= 0.3 is 0 Å². The molecule has 5 rings (SSSR count). The van der Waals surface area contributed by atoms with Crippen molar-refractivity contribution < 1.29 is 4.79 Å². The number of aromatic nitrogens is 5. The van der Waals surface area contributed by atoms with Gasteiger partial charge in [-0.3, -0.25) is 14.2 Å². The number of carbonyl (C=O) groups is 1. The van der Waals surface area contributed by atoms with Gasteiger partial charge in [-0.05, 0) is 30.3 Å². The van der Waals surface area contributed by atoms with E-state index in [-0.39, 0.29) is 5.91 Å². The molecule has 4 heterocycles. The zero-order valence-corrected chi connectivity index (χ0v) is 15.9. The van der Waals surface area contributed by atoms with Crippen LogP contribution in [0.3, 0.4) is 0 Å². The molecule has 8 heteroatoms. The molecule has 142 valence electrons. The van der Waals surface area contributed by atoms with E-state index in [0.717, 1.165) is 27.6 Å². The maximum Gasteiger partial charge on any atom is 0.253 e. The Hall–Kier alpha value is -4.07. The van der Waals surface area contributed by atoms with Gasteiger partial charge in [0.25, 0.3) is 5.91 Å². The first-order valence-corrected chi connectivity index (χ1v) is 9.06. The third-order valence-electron chi connectivity index (χ3n) is 4.73. The number of fused-ring (bicyclic) bond motifs is 5. The minimum atomic E-state index is -0.0565.